The highest BCUT2D eigenvalue weighted by Crippen LogP contribution is 2.23. The fourth-order valence-corrected chi connectivity index (χ4v) is 2.44. The molecule has 0 aromatic heterocycles. The molecule has 0 spiro atoms. The van der Waals surface area contributed by atoms with Crippen molar-refractivity contribution in [2.24, 2.45) is 10.8 Å². The largest absolute Gasteiger partial charge is 0.396 e. The molecule has 0 bridgehead atoms. The molecule has 7 heteroatoms. The van der Waals surface area contributed by atoms with Gasteiger partial charge in [-0.25, -0.2) is 0 Å². The maximum absolute atomic E-state index is 10.00. The van der Waals surface area contributed by atoms with Crippen molar-refractivity contribution in [3.8, 4) is 0 Å². The summed E-state index contributed by atoms with van der Waals surface area (Å²) in [5.74, 6) is 0. The lowest BCUT2D eigenvalue weighted by Crippen LogP contribution is -2.45. The molecule has 29 heavy (non-hydrogen) atoms. The van der Waals surface area contributed by atoms with Gasteiger partial charge in [-0.1, -0.05) is 24.3 Å². The van der Waals surface area contributed by atoms with Gasteiger partial charge in [0.25, 0.3) is 0 Å². The first-order valence-corrected chi connectivity index (χ1v) is 9.61. The number of aliphatic hydroxyl groups excluding tert-OH is 2. The predicted octanol–water partition coefficient (Wildman–Crippen LogP) is 1.77. The number of rotatable bonds is 22. The fraction of sp³-hybridized carbons (Fsp3) is 0.636. The summed E-state index contributed by atoms with van der Waals surface area (Å²) < 4.78 is 28.1. The molecule has 0 saturated heterocycles. The molecule has 0 aliphatic rings. The van der Waals surface area contributed by atoms with Gasteiger partial charge in [-0.15, -0.1) is 26.3 Å². The van der Waals surface area contributed by atoms with Crippen molar-refractivity contribution in [1.29, 1.82) is 0 Å². The molecular weight excluding hydrogens is 376 g/mol. The molecule has 0 unspecified atom stereocenters. The van der Waals surface area contributed by atoms with Crippen molar-refractivity contribution >= 4 is 0 Å². The maximum Gasteiger partial charge on any atom is 0.0645 e. The van der Waals surface area contributed by atoms with Crippen LogP contribution in [0.4, 0.5) is 0 Å². The molecule has 0 amide bonds. The third-order valence-corrected chi connectivity index (χ3v) is 4.06. The van der Waals surface area contributed by atoms with Crippen LogP contribution in [0.2, 0.25) is 0 Å². The van der Waals surface area contributed by atoms with E-state index in [1.165, 1.54) is 0 Å². The monoisotopic (exact) mass is 414 g/mol. The first-order valence-electron chi connectivity index (χ1n) is 9.61. The molecule has 0 aliphatic heterocycles. The summed E-state index contributed by atoms with van der Waals surface area (Å²) in [6.07, 6.45) is 6.55. The Hall–Kier alpha value is -1.32. The Bertz CT molecular complexity index is 382. The van der Waals surface area contributed by atoms with Crippen molar-refractivity contribution in [2.75, 3.05) is 79.3 Å². The number of hydrogen-bond donors (Lipinski definition) is 2. The third-order valence-electron chi connectivity index (χ3n) is 4.06. The Morgan fingerprint density at radius 3 is 0.931 bits per heavy atom. The summed E-state index contributed by atoms with van der Waals surface area (Å²) >= 11 is 0. The van der Waals surface area contributed by atoms with Gasteiger partial charge in [0.1, 0.15) is 0 Å². The molecular formula is C22H38O7. The van der Waals surface area contributed by atoms with Gasteiger partial charge < -0.3 is 33.9 Å². The quantitative estimate of drug-likeness (QED) is 0.206. The molecule has 0 aromatic carbocycles. The average Bonchev–Trinajstić information content (AvgIpc) is 2.73. The molecule has 0 radical (unpaired) electrons. The van der Waals surface area contributed by atoms with Gasteiger partial charge in [0, 0.05) is 0 Å². The van der Waals surface area contributed by atoms with Crippen LogP contribution >= 0.6 is 0 Å². The Kier molecular flexibility index (Phi) is 16.7. The van der Waals surface area contributed by atoms with Crippen molar-refractivity contribution in [3.05, 3.63) is 50.6 Å². The van der Waals surface area contributed by atoms with E-state index in [9.17, 15) is 10.2 Å². The van der Waals surface area contributed by atoms with E-state index in [0.717, 1.165) is 0 Å². The van der Waals surface area contributed by atoms with Crippen molar-refractivity contribution in [2.45, 2.75) is 0 Å². The van der Waals surface area contributed by atoms with Crippen molar-refractivity contribution < 1.29 is 33.9 Å². The lowest BCUT2D eigenvalue weighted by atomic mass is 9.90. The smallest absolute Gasteiger partial charge is 0.0645 e. The van der Waals surface area contributed by atoms with E-state index < -0.39 is 10.8 Å². The second-order valence-corrected chi connectivity index (χ2v) is 7.02. The van der Waals surface area contributed by atoms with Gasteiger partial charge in [-0.2, -0.15) is 0 Å². The topological polar surface area (TPSA) is 86.6 Å². The second-order valence-electron chi connectivity index (χ2n) is 7.02. The summed E-state index contributed by atoms with van der Waals surface area (Å²) in [6.45, 7) is 16.8. The lowest BCUT2D eigenvalue weighted by molar-refractivity contribution is -0.125. The second kappa shape index (κ2) is 17.5. The van der Waals surface area contributed by atoms with Gasteiger partial charge in [0.15, 0.2) is 0 Å². The third kappa shape index (κ3) is 12.1. The average molecular weight is 415 g/mol. The zero-order valence-corrected chi connectivity index (χ0v) is 17.6. The normalized spacial score (nSPS) is 11.9. The van der Waals surface area contributed by atoms with E-state index >= 15 is 0 Å². The molecule has 168 valence electrons. The molecule has 0 saturated carbocycles. The predicted molar refractivity (Wildman–Crippen MR) is 114 cm³/mol. The zero-order valence-electron chi connectivity index (χ0n) is 17.6. The first kappa shape index (κ1) is 27.7. The molecule has 0 fully saturated rings. The highest BCUT2D eigenvalue weighted by molar-refractivity contribution is 4.83. The maximum atomic E-state index is 10.00. The van der Waals surface area contributed by atoms with Crippen LogP contribution in [0.1, 0.15) is 0 Å². The first-order chi connectivity index (χ1) is 14.1. The Morgan fingerprint density at radius 1 is 0.483 bits per heavy atom. The minimum absolute atomic E-state index is 0.169. The molecule has 0 aromatic rings. The highest BCUT2D eigenvalue weighted by atomic mass is 16.5. The summed E-state index contributed by atoms with van der Waals surface area (Å²) in [4.78, 5) is 0. The van der Waals surface area contributed by atoms with Gasteiger partial charge in [0.05, 0.1) is 90.1 Å². The van der Waals surface area contributed by atoms with Crippen LogP contribution in [0.15, 0.2) is 50.6 Å². The van der Waals surface area contributed by atoms with E-state index in [-0.39, 0.29) is 52.9 Å². The number of ether oxygens (including phenoxy) is 5. The van der Waals surface area contributed by atoms with Gasteiger partial charge in [-0.05, 0) is 0 Å². The van der Waals surface area contributed by atoms with Crippen molar-refractivity contribution in [1.82, 2.24) is 0 Å². The summed E-state index contributed by atoms with van der Waals surface area (Å²) in [6, 6.07) is 0. The Morgan fingerprint density at radius 2 is 0.724 bits per heavy atom. The van der Waals surface area contributed by atoms with E-state index in [1.54, 1.807) is 24.3 Å². The van der Waals surface area contributed by atoms with Crippen LogP contribution in [0.25, 0.3) is 0 Å². The van der Waals surface area contributed by atoms with Crippen LogP contribution in [0, 0.1) is 10.8 Å². The van der Waals surface area contributed by atoms with Crippen LogP contribution in [0.3, 0.4) is 0 Å². The van der Waals surface area contributed by atoms with Crippen LogP contribution in [-0.2, 0) is 23.7 Å². The molecule has 2 N–H and O–H groups in total. The highest BCUT2D eigenvalue weighted by Gasteiger charge is 2.35. The lowest BCUT2D eigenvalue weighted by Gasteiger charge is -2.35. The standard InChI is InChI=1S/C22H38O7/c1-5-9-25-15-21(13-23,16-26-10-6-2)19-29-20-22(14-24,17-27-11-7-3)18-28-12-8-4/h5-8,23-24H,1-4,9-20H2. The van der Waals surface area contributed by atoms with E-state index in [0.29, 0.717) is 26.4 Å². The summed E-state index contributed by atoms with van der Waals surface area (Å²) in [5.41, 5.74) is -1.51. The molecule has 7 nitrogen and oxygen atoms in total. The van der Waals surface area contributed by atoms with E-state index in [4.69, 9.17) is 23.7 Å². The Labute approximate surface area is 175 Å². The van der Waals surface area contributed by atoms with Crippen LogP contribution in [-0.4, -0.2) is 89.5 Å². The van der Waals surface area contributed by atoms with Crippen molar-refractivity contribution in [3.63, 3.8) is 0 Å². The van der Waals surface area contributed by atoms with Crippen LogP contribution < -0.4 is 0 Å². The zero-order chi connectivity index (χ0) is 21.8. The van der Waals surface area contributed by atoms with Gasteiger partial charge in [-0.3, -0.25) is 0 Å². The molecule has 0 atom stereocenters. The number of hydrogen-bond acceptors (Lipinski definition) is 7. The molecule has 0 aliphatic carbocycles. The summed E-state index contributed by atoms with van der Waals surface area (Å²) in [7, 11) is 0. The van der Waals surface area contributed by atoms with Gasteiger partial charge >= 0.3 is 0 Å². The summed E-state index contributed by atoms with van der Waals surface area (Å²) in [5, 5.41) is 20.0. The fourth-order valence-electron chi connectivity index (χ4n) is 2.44. The van der Waals surface area contributed by atoms with E-state index in [2.05, 4.69) is 26.3 Å². The van der Waals surface area contributed by atoms with Gasteiger partial charge in [0.2, 0.25) is 0 Å². The van der Waals surface area contributed by atoms with E-state index in [1.807, 2.05) is 0 Å². The Balaban J connectivity index is 5.03. The molecule has 0 heterocycles. The minimum Gasteiger partial charge on any atom is -0.396 e. The van der Waals surface area contributed by atoms with Crippen LogP contribution in [0.5, 0.6) is 0 Å². The SMILES string of the molecule is C=CCOCC(CO)(COCC=C)COCC(CO)(COCC=C)COCC=C. The minimum atomic E-state index is -0.753. The molecule has 0 rings (SSSR count). The number of aliphatic hydroxyl groups is 2.